The second kappa shape index (κ2) is 4.96. The van der Waals surface area contributed by atoms with E-state index < -0.39 is 9.84 Å². The molecule has 0 amide bonds. The number of imidazole rings is 1. The van der Waals surface area contributed by atoms with Gasteiger partial charge in [-0.25, -0.2) is 13.4 Å². The molecule has 0 aromatic carbocycles. The molecular formula is C10H15ClN2O3S. The molecule has 2 rings (SSSR count). The molecule has 0 saturated carbocycles. The van der Waals surface area contributed by atoms with Crippen LogP contribution in [-0.2, 0) is 27.0 Å². The monoisotopic (exact) mass is 278 g/mol. The van der Waals surface area contributed by atoms with E-state index >= 15 is 0 Å². The van der Waals surface area contributed by atoms with Crippen LogP contribution in [0.15, 0.2) is 11.4 Å². The highest BCUT2D eigenvalue weighted by Gasteiger charge is 2.23. The molecule has 0 aliphatic carbocycles. The van der Waals surface area contributed by atoms with Gasteiger partial charge in [0.15, 0.2) is 0 Å². The smallest absolute Gasteiger partial charge is 0.227 e. The lowest BCUT2D eigenvalue weighted by molar-refractivity contribution is 0.0943. The Balaban J connectivity index is 2.31. The maximum absolute atomic E-state index is 11.6. The second-order valence-electron chi connectivity index (χ2n) is 4.18. The summed E-state index contributed by atoms with van der Waals surface area (Å²) in [5, 5.41) is 0.0728. The Bertz CT molecular complexity index is 492. The van der Waals surface area contributed by atoms with Crippen molar-refractivity contribution in [1.29, 1.82) is 0 Å². The minimum atomic E-state index is -3.33. The van der Waals surface area contributed by atoms with Gasteiger partial charge < -0.3 is 9.30 Å². The summed E-state index contributed by atoms with van der Waals surface area (Å²) in [6.07, 6.45) is 4.69. The van der Waals surface area contributed by atoms with E-state index in [4.69, 9.17) is 16.3 Å². The molecule has 17 heavy (non-hydrogen) atoms. The molecule has 1 atom stereocenters. The van der Waals surface area contributed by atoms with Crippen LogP contribution in [-0.4, -0.2) is 36.9 Å². The molecule has 1 aliphatic heterocycles. The summed E-state index contributed by atoms with van der Waals surface area (Å²) in [6.45, 7) is 1.24. The maximum atomic E-state index is 11.6. The van der Waals surface area contributed by atoms with Gasteiger partial charge >= 0.3 is 0 Å². The molecule has 0 bridgehead atoms. The van der Waals surface area contributed by atoms with E-state index in [9.17, 15) is 8.42 Å². The highest BCUT2D eigenvalue weighted by atomic mass is 35.5. The summed E-state index contributed by atoms with van der Waals surface area (Å²) in [5.41, 5.74) is 0.711. The van der Waals surface area contributed by atoms with Crippen molar-refractivity contribution in [1.82, 2.24) is 9.55 Å². The van der Waals surface area contributed by atoms with Crippen LogP contribution in [0.25, 0.3) is 0 Å². The number of nitrogens with zero attached hydrogens (tertiary/aromatic N) is 2. The van der Waals surface area contributed by atoms with Crippen LogP contribution < -0.4 is 0 Å². The molecule has 5 nitrogen and oxygen atoms in total. The normalized spacial score (nSPS) is 20.9. The molecule has 0 radical (unpaired) electrons. The van der Waals surface area contributed by atoms with Gasteiger partial charge in [-0.3, -0.25) is 0 Å². The van der Waals surface area contributed by atoms with Gasteiger partial charge in [0.1, 0.15) is 0 Å². The van der Waals surface area contributed by atoms with Crippen molar-refractivity contribution >= 4 is 21.4 Å². The predicted octanol–water partition coefficient (Wildman–Crippen LogP) is 1.20. The first kappa shape index (κ1) is 12.9. The minimum Gasteiger partial charge on any atom is -0.376 e. The van der Waals surface area contributed by atoms with Gasteiger partial charge in [0.25, 0.3) is 0 Å². The topological polar surface area (TPSA) is 61.2 Å². The van der Waals surface area contributed by atoms with Crippen molar-refractivity contribution < 1.29 is 13.2 Å². The number of rotatable bonds is 4. The lowest BCUT2D eigenvalue weighted by atomic mass is 10.2. The Morgan fingerprint density at radius 2 is 2.41 bits per heavy atom. The summed E-state index contributed by atoms with van der Waals surface area (Å²) >= 11 is 5.78. The molecule has 7 heteroatoms. The Hall–Kier alpha value is -0.590. The maximum Gasteiger partial charge on any atom is 0.227 e. The molecule has 0 N–H and O–H groups in total. The number of hydrogen-bond acceptors (Lipinski definition) is 4. The number of ether oxygens (including phenoxy) is 1. The molecule has 1 aliphatic rings. The van der Waals surface area contributed by atoms with Gasteiger partial charge in [-0.05, 0) is 12.8 Å². The zero-order valence-corrected chi connectivity index (χ0v) is 11.2. The predicted molar refractivity (Wildman–Crippen MR) is 63.9 cm³/mol. The molecule has 0 spiro atoms. The first-order chi connectivity index (χ1) is 8.02. The Kier molecular flexibility index (Phi) is 3.75. The summed E-state index contributed by atoms with van der Waals surface area (Å²) in [4.78, 5) is 3.94. The van der Waals surface area contributed by atoms with E-state index in [-0.39, 0.29) is 17.1 Å². The third kappa shape index (κ3) is 2.81. The quantitative estimate of drug-likeness (QED) is 0.777. The number of alkyl halides is 1. The Labute approximate surface area is 106 Å². The van der Waals surface area contributed by atoms with Crippen molar-refractivity contribution in [3.05, 3.63) is 11.9 Å². The van der Waals surface area contributed by atoms with Crippen LogP contribution in [0.3, 0.4) is 0 Å². The van der Waals surface area contributed by atoms with E-state index in [1.807, 2.05) is 0 Å². The van der Waals surface area contributed by atoms with E-state index in [1.165, 1.54) is 6.20 Å². The van der Waals surface area contributed by atoms with E-state index in [2.05, 4.69) is 4.98 Å². The Morgan fingerprint density at radius 3 is 2.94 bits per heavy atom. The minimum absolute atomic E-state index is 0.0617. The fourth-order valence-corrected chi connectivity index (χ4v) is 3.03. The van der Waals surface area contributed by atoms with Gasteiger partial charge in [-0.2, -0.15) is 0 Å². The van der Waals surface area contributed by atoms with Gasteiger partial charge in [0, 0.05) is 12.9 Å². The second-order valence-corrected chi connectivity index (χ2v) is 6.36. The van der Waals surface area contributed by atoms with E-state index in [0.717, 1.165) is 25.7 Å². The molecule has 1 aromatic heterocycles. The largest absolute Gasteiger partial charge is 0.376 e. The van der Waals surface area contributed by atoms with Crippen molar-refractivity contribution in [2.45, 2.75) is 36.5 Å². The van der Waals surface area contributed by atoms with Crippen LogP contribution in [0.1, 0.15) is 18.5 Å². The van der Waals surface area contributed by atoms with Gasteiger partial charge in [-0.15, -0.1) is 11.6 Å². The number of hydrogen-bond donors (Lipinski definition) is 0. The third-order valence-corrected chi connectivity index (χ3v) is 4.04. The number of halogens is 1. The third-order valence-electron chi connectivity index (χ3n) is 2.78. The fraction of sp³-hybridized carbons (Fsp3) is 0.700. The zero-order valence-electron chi connectivity index (χ0n) is 9.60. The van der Waals surface area contributed by atoms with Crippen LogP contribution in [0.5, 0.6) is 0 Å². The lowest BCUT2D eigenvalue weighted by Crippen LogP contribution is -2.20. The fourth-order valence-electron chi connectivity index (χ4n) is 1.98. The van der Waals surface area contributed by atoms with Gasteiger partial charge in [0.05, 0.1) is 30.4 Å². The van der Waals surface area contributed by atoms with Crippen molar-refractivity contribution in [3.8, 4) is 0 Å². The zero-order chi connectivity index (χ0) is 12.5. The molecule has 1 fully saturated rings. The molecule has 96 valence electrons. The van der Waals surface area contributed by atoms with Crippen LogP contribution in [0, 0.1) is 0 Å². The van der Waals surface area contributed by atoms with Gasteiger partial charge in [-0.1, -0.05) is 0 Å². The number of aromatic nitrogens is 2. The average Bonchev–Trinajstić information content (AvgIpc) is 2.86. The Morgan fingerprint density at radius 1 is 1.65 bits per heavy atom. The standard InChI is InChI=1S/C10H15ClN2O3S/c1-17(14,15)10-12-6-8(5-11)13(10)7-9-3-2-4-16-9/h6,9H,2-5,7H2,1H3. The van der Waals surface area contributed by atoms with Crippen LogP contribution in [0.4, 0.5) is 0 Å². The summed E-state index contributed by atoms with van der Waals surface area (Å²) in [6, 6.07) is 0. The van der Waals surface area contributed by atoms with Crippen molar-refractivity contribution in [3.63, 3.8) is 0 Å². The van der Waals surface area contributed by atoms with Crippen molar-refractivity contribution in [2.24, 2.45) is 0 Å². The molecule has 1 saturated heterocycles. The van der Waals surface area contributed by atoms with Gasteiger partial charge in [0.2, 0.25) is 15.0 Å². The first-order valence-electron chi connectivity index (χ1n) is 5.44. The average molecular weight is 279 g/mol. The molecular weight excluding hydrogens is 264 g/mol. The summed E-state index contributed by atoms with van der Waals surface area (Å²) in [5.74, 6) is 0.245. The molecule has 2 heterocycles. The molecule has 1 unspecified atom stereocenters. The summed E-state index contributed by atoms with van der Waals surface area (Å²) < 4.78 is 30.3. The van der Waals surface area contributed by atoms with Crippen LogP contribution in [0.2, 0.25) is 0 Å². The van der Waals surface area contributed by atoms with E-state index in [0.29, 0.717) is 12.2 Å². The van der Waals surface area contributed by atoms with Crippen LogP contribution >= 0.6 is 11.6 Å². The summed E-state index contributed by atoms with van der Waals surface area (Å²) in [7, 11) is -3.33. The highest BCUT2D eigenvalue weighted by molar-refractivity contribution is 7.90. The molecule has 1 aromatic rings. The lowest BCUT2D eigenvalue weighted by Gasteiger charge is -2.14. The first-order valence-corrected chi connectivity index (χ1v) is 7.87. The number of sulfone groups is 1. The van der Waals surface area contributed by atoms with Crippen molar-refractivity contribution in [2.75, 3.05) is 12.9 Å². The highest BCUT2D eigenvalue weighted by Crippen LogP contribution is 2.19. The van der Waals surface area contributed by atoms with E-state index in [1.54, 1.807) is 4.57 Å². The SMILES string of the molecule is CS(=O)(=O)c1ncc(CCl)n1CC1CCCO1.